The Kier molecular flexibility index (Phi) is 1.51. The third-order valence-corrected chi connectivity index (χ3v) is 2.45. The summed E-state index contributed by atoms with van der Waals surface area (Å²) < 4.78 is 6.21. The summed E-state index contributed by atoms with van der Waals surface area (Å²) in [4.78, 5) is 4.09. The highest BCUT2D eigenvalue weighted by Gasteiger charge is 2.01. The molecule has 0 amide bonds. The molecule has 2 aromatic rings. The van der Waals surface area contributed by atoms with E-state index >= 15 is 0 Å². The second-order valence-electron chi connectivity index (χ2n) is 2.16. The highest BCUT2D eigenvalue weighted by molar-refractivity contribution is 7.17. The maximum Gasteiger partial charge on any atom is 0.231 e. The predicted octanol–water partition coefficient (Wildman–Crippen LogP) is 2.30. The van der Waals surface area contributed by atoms with Crippen LogP contribution in [0.4, 0.5) is 0 Å². The van der Waals surface area contributed by atoms with Gasteiger partial charge in [-0.15, -0.1) is 11.3 Å². The highest BCUT2D eigenvalue weighted by Crippen LogP contribution is 2.27. The monoisotopic (exact) mass is 165 g/mol. The van der Waals surface area contributed by atoms with Gasteiger partial charge in [-0.2, -0.15) is 0 Å². The number of methoxy groups -OCH3 is 1. The molecule has 2 rings (SSSR count). The van der Waals surface area contributed by atoms with Gasteiger partial charge < -0.3 is 4.74 Å². The molecule has 0 radical (unpaired) electrons. The second-order valence-corrected chi connectivity index (χ2v) is 3.08. The topological polar surface area (TPSA) is 22.1 Å². The third kappa shape index (κ3) is 0.973. The fourth-order valence-corrected chi connectivity index (χ4v) is 1.87. The van der Waals surface area contributed by atoms with Crippen LogP contribution in [0.3, 0.4) is 0 Å². The second kappa shape index (κ2) is 2.51. The van der Waals surface area contributed by atoms with Gasteiger partial charge in [0.1, 0.15) is 0 Å². The first-order valence-corrected chi connectivity index (χ1v) is 4.16. The molecule has 0 aliphatic rings. The fraction of sp³-hybridized carbons (Fsp3) is 0.125. The Bertz CT molecular complexity index is 369. The minimum atomic E-state index is 0.720. The van der Waals surface area contributed by atoms with Crippen molar-refractivity contribution in [3.05, 3.63) is 23.7 Å². The van der Waals surface area contributed by atoms with Gasteiger partial charge in [-0.05, 0) is 22.9 Å². The van der Waals surface area contributed by atoms with Crippen LogP contribution in [0.15, 0.2) is 23.7 Å². The molecule has 0 saturated heterocycles. The van der Waals surface area contributed by atoms with E-state index in [-0.39, 0.29) is 0 Å². The van der Waals surface area contributed by atoms with Gasteiger partial charge in [0.25, 0.3) is 0 Å². The molecule has 0 spiro atoms. The van der Waals surface area contributed by atoms with Crippen molar-refractivity contribution in [3.8, 4) is 5.88 Å². The smallest absolute Gasteiger partial charge is 0.231 e. The molecule has 0 aliphatic heterocycles. The van der Waals surface area contributed by atoms with E-state index in [2.05, 4.69) is 11.1 Å². The lowest BCUT2D eigenvalue weighted by atomic mass is 10.3. The van der Waals surface area contributed by atoms with Gasteiger partial charge in [0.05, 0.1) is 11.8 Å². The molecule has 2 heterocycles. The van der Waals surface area contributed by atoms with Gasteiger partial charge in [0, 0.05) is 6.20 Å². The average molecular weight is 165 g/mol. The van der Waals surface area contributed by atoms with Crippen molar-refractivity contribution in [2.24, 2.45) is 0 Å². The SMILES string of the molecule is COc1nccc2ccsc12. The first-order chi connectivity index (χ1) is 5.42. The number of aromatic nitrogens is 1. The molecule has 0 fully saturated rings. The molecule has 0 saturated carbocycles. The molecule has 11 heavy (non-hydrogen) atoms. The van der Waals surface area contributed by atoms with E-state index in [9.17, 15) is 0 Å². The zero-order chi connectivity index (χ0) is 7.68. The molecule has 0 aliphatic carbocycles. The highest BCUT2D eigenvalue weighted by atomic mass is 32.1. The first kappa shape index (κ1) is 6.61. The van der Waals surface area contributed by atoms with Crippen LogP contribution in [-0.4, -0.2) is 12.1 Å². The minimum Gasteiger partial charge on any atom is -0.480 e. The molecule has 56 valence electrons. The molecular formula is C8H7NOS. The first-order valence-electron chi connectivity index (χ1n) is 3.28. The summed E-state index contributed by atoms with van der Waals surface area (Å²) in [5.41, 5.74) is 0. The van der Waals surface area contributed by atoms with Crippen molar-refractivity contribution in [3.63, 3.8) is 0 Å². The number of thiophene rings is 1. The number of pyridine rings is 1. The Labute approximate surface area is 68.5 Å². The maximum atomic E-state index is 5.09. The van der Waals surface area contributed by atoms with Crippen LogP contribution in [0.2, 0.25) is 0 Å². The van der Waals surface area contributed by atoms with Crippen LogP contribution in [0.25, 0.3) is 10.1 Å². The van der Waals surface area contributed by atoms with Crippen LogP contribution in [-0.2, 0) is 0 Å². The Balaban J connectivity index is 2.79. The van der Waals surface area contributed by atoms with Crippen LogP contribution in [0.5, 0.6) is 5.88 Å². The molecule has 0 bridgehead atoms. The number of fused-ring (bicyclic) bond motifs is 1. The minimum absolute atomic E-state index is 0.720. The van der Waals surface area contributed by atoms with Gasteiger partial charge >= 0.3 is 0 Å². The molecule has 0 N–H and O–H groups in total. The molecule has 2 aromatic heterocycles. The lowest BCUT2D eigenvalue weighted by molar-refractivity contribution is 0.404. The summed E-state index contributed by atoms with van der Waals surface area (Å²) in [5.74, 6) is 0.720. The summed E-state index contributed by atoms with van der Waals surface area (Å²) in [6.07, 6.45) is 1.76. The van der Waals surface area contributed by atoms with Gasteiger partial charge in [-0.1, -0.05) is 0 Å². The van der Waals surface area contributed by atoms with Crippen LogP contribution in [0, 0.1) is 0 Å². The van der Waals surface area contributed by atoms with E-state index in [0.29, 0.717) is 0 Å². The van der Waals surface area contributed by atoms with Crippen molar-refractivity contribution in [1.29, 1.82) is 0 Å². The molecule has 0 atom stereocenters. The molecule has 0 aromatic carbocycles. The van der Waals surface area contributed by atoms with Crippen molar-refractivity contribution >= 4 is 21.4 Å². The van der Waals surface area contributed by atoms with Crippen LogP contribution < -0.4 is 4.74 Å². The van der Waals surface area contributed by atoms with Crippen LogP contribution >= 0.6 is 11.3 Å². The standard InChI is InChI=1S/C8H7NOS/c1-10-8-7-6(2-4-9-8)3-5-11-7/h2-5H,1H3. The average Bonchev–Trinajstić information content (AvgIpc) is 2.50. The Morgan fingerprint density at radius 2 is 2.36 bits per heavy atom. The lowest BCUT2D eigenvalue weighted by Crippen LogP contribution is -1.85. The normalized spacial score (nSPS) is 10.3. The molecular weight excluding hydrogens is 158 g/mol. The summed E-state index contributed by atoms with van der Waals surface area (Å²) in [6.45, 7) is 0. The number of hydrogen-bond donors (Lipinski definition) is 0. The van der Waals surface area contributed by atoms with Crippen molar-refractivity contribution in [1.82, 2.24) is 4.98 Å². The van der Waals surface area contributed by atoms with Crippen molar-refractivity contribution in [2.45, 2.75) is 0 Å². The Morgan fingerprint density at radius 3 is 3.18 bits per heavy atom. The van der Waals surface area contributed by atoms with Gasteiger partial charge in [-0.3, -0.25) is 0 Å². The lowest BCUT2D eigenvalue weighted by Gasteiger charge is -1.97. The van der Waals surface area contributed by atoms with Crippen LogP contribution in [0.1, 0.15) is 0 Å². The Hall–Kier alpha value is -1.09. The zero-order valence-corrected chi connectivity index (χ0v) is 6.89. The fourth-order valence-electron chi connectivity index (χ4n) is 1.01. The van der Waals surface area contributed by atoms with Crippen molar-refractivity contribution < 1.29 is 4.74 Å². The summed E-state index contributed by atoms with van der Waals surface area (Å²) in [6, 6.07) is 4.04. The number of rotatable bonds is 1. The van der Waals surface area contributed by atoms with Crippen molar-refractivity contribution in [2.75, 3.05) is 7.11 Å². The predicted molar refractivity (Wildman–Crippen MR) is 46.2 cm³/mol. The third-order valence-electron chi connectivity index (χ3n) is 1.53. The number of nitrogens with zero attached hydrogens (tertiary/aromatic N) is 1. The molecule has 2 nitrogen and oxygen atoms in total. The summed E-state index contributed by atoms with van der Waals surface area (Å²) in [7, 11) is 1.64. The van der Waals surface area contributed by atoms with Gasteiger partial charge in [-0.25, -0.2) is 4.98 Å². The molecule has 3 heteroatoms. The van der Waals surface area contributed by atoms with E-state index < -0.39 is 0 Å². The largest absolute Gasteiger partial charge is 0.480 e. The van der Waals surface area contributed by atoms with E-state index in [1.165, 1.54) is 5.39 Å². The zero-order valence-electron chi connectivity index (χ0n) is 6.07. The molecule has 0 unspecified atom stereocenters. The quantitative estimate of drug-likeness (QED) is 0.646. The summed E-state index contributed by atoms with van der Waals surface area (Å²) in [5, 5.41) is 3.23. The summed E-state index contributed by atoms with van der Waals surface area (Å²) >= 11 is 1.65. The van der Waals surface area contributed by atoms with E-state index in [0.717, 1.165) is 10.6 Å². The number of ether oxygens (including phenoxy) is 1. The Morgan fingerprint density at radius 1 is 1.45 bits per heavy atom. The maximum absolute atomic E-state index is 5.09. The number of hydrogen-bond acceptors (Lipinski definition) is 3. The van der Waals surface area contributed by atoms with Gasteiger partial charge in [0.15, 0.2) is 0 Å². The van der Waals surface area contributed by atoms with E-state index in [1.807, 2.05) is 11.4 Å². The van der Waals surface area contributed by atoms with E-state index in [4.69, 9.17) is 4.74 Å². The van der Waals surface area contributed by atoms with Gasteiger partial charge in [0.2, 0.25) is 5.88 Å². The van der Waals surface area contributed by atoms with E-state index in [1.54, 1.807) is 24.6 Å².